The van der Waals surface area contributed by atoms with Crippen LogP contribution < -0.4 is 5.73 Å². The molecular weight excluding hydrogens is 237 g/mol. The van der Waals surface area contributed by atoms with Crippen molar-refractivity contribution in [3.63, 3.8) is 0 Å². The van der Waals surface area contributed by atoms with Gasteiger partial charge in [0.15, 0.2) is 0 Å². The quantitative estimate of drug-likeness (QED) is 0.417. The molecule has 14 heavy (non-hydrogen) atoms. The van der Waals surface area contributed by atoms with Gasteiger partial charge in [-0.3, -0.25) is 22.9 Å². The van der Waals surface area contributed by atoms with Crippen LogP contribution in [0.5, 0.6) is 0 Å². The topological polar surface area (TPSA) is 26.0 Å². The molecule has 0 saturated carbocycles. The van der Waals surface area contributed by atoms with Crippen molar-refractivity contribution in [2.24, 2.45) is 5.73 Å². The summed E-state index contributed by atoms with van der Waals surface area (Å²) < 4.78 is 0. The molecular formula is C11H5ClFeN. The van der Waals surface area contributed by atoms with E-state index in [1.165, 1.54) is 0 Å². The zero-order valence-electron chi connectivity index (χ0n) is 7.05. The first-order valence-corrected chi connectivity index (χ1v) is 3.26. The molecule has 0 fully saturated rings. The van der Waals surface area contributed by atoms with Crippen LogP contribution in [-0.2, 0) is 17.1 Å². The monoisotopic (exact) mass is 242 g/mol. The predicted octanol–water partition coefficient (Wildman–Crippen LogP) is 1.20. The Labute approximate surface area is 100.0 Å². The second-order valence-electron chi connectivity index (χ2n) is 1.81. The fourth-order valence-corrected chi connectivity index (χ4v) is 0.503. The summed E-state index contributed by atoms with van der Waals surface area (Å²) in [6.07, 6.45) is 7.73. The van der Waals surface area contributed by atoms with Gasteiger partial charge in [-0.1, -0.05) is 0 Å². The molecule has 0 aromatic heterocycles. The fourth-order valence-electron chi connectivity index (χ4n) is 0.503. The van der Waals surface area contributed by atoms with Gasteiger partial charge in [-0.05, 0) is 0 Å². The van der Waals surface area contributed by atoms with Gasteiger partial charge in [-0.25, -0.2) is 11.5 Å². The summed E-state index contributed by atoms with van der Waals surface area (Å²) in [5.74, 6) is 0. The number of hydrogen-bond donors (Lipinski definition) is 1. The second kappa shape index (κ2) is 10.0. The number of hydrogen-bond acceptors (Lipinski definition) is 1. The first kappa shape index (κ1) is 15.4. The predicted molar refractivity (Wildman–Crippen MR) is 50.6 cm³/mol. The van der Waals surface area contributed by atoms with E-state index in [0.29, 0.717) is 6.54 Å². The van der Waals surface area contributed by atoms with Crippen LogP contribution in [0, 0.1) is 18.2 Å². The Morgan fingerprint density at radius 2 is 1.93 bits per heavy atom. The summed E-state index contributed by atoms with van der Waals surface area (Å²) in [7, 11) is 0. The Kier molecular flexibility index (Phi) is 11.0. The summed E-state index contributed by atoms with van der Waals surface area (Å²) in [6.45, 7) is 0.486. The van der Waals surface area contributed by atoms with Gasteiger partial charge in [0.1, 0.15) is 0 Å². The zero-order valence-corrected chi connectivity index (χ0v) is 8.97. The summed E-state index contributed by atoms with van der Waals surface area (Å²) in [4.78, 5) is 0. The van der Waals surface area contributed by atoms with Crippen molar-refractivity contribution < 1.29 is 17.1 Å². The molecule has 1 nitrogen and oxygen atoms in total. The Balaban J connectivity index is 0. The maximum atomic E-state index is 5.19. The van der Waals surface area contributed by atoms with Gasteiger partial charge in [-0.2, -0.15) is 0 Å². The standard InChI is InChI=1S/C6H4N.C5.ClH.Fe/c7-5-6-3-1-2-4-6;1-2-4-5-3-1;;/h5,7H2;;1H;/q2*-1;;+2. The summed E-state index contributed by atoms with van der Waals surface area (Å²) in [5.41, 5.74) is 21.5. The average molecular weight is 242 g/mol. The molecule has 0 aromatic carbocycles. The van der Waals surface area contributed by atoms with Crippen molar-refractivity contribution in [1.29, 1.82) is 0 Å². The van der Waals surface area contributed by atoms with Crippen LogP contribution in [0.15, 0.2) is 40.0 Å². The van der Waals surface area contributed by atoms with Crippen LogP contribution in [0.25, 0.3) is 0 Å². The van der Waals surface area contributed by atoms with Gasteiger partial charge in [0, 0.05) is 6.54 Å². The molecule has 0 amide bonds. The Bertz CT molecular complexity index is 422. The van der Waals surface area contributed by atoms with Gasteiger partial charge in [0.2, 0.25) is 0 Å². The van der Waals surface area contributed by atoms with Crippen LogP contribution in [0.3, 0.4) is 0 Å². The van der Waals surface area contributed by atoms with Gasteiger partial charge in [-0.15, -0.1) is 36.2 Å². The molecule has 1 radical (unpaired) electrons. The van der Waals surface area contributed by atoms with Crippen molar-refractivity contribution in [3.05, 3.63) is 58.2 Å². The third-order valence-electron chi connectivity index (χ3n) is 1.01. The van der Waals surface area contributed by atoms with Crippen molar-refractivity contribution >= 4 is 12.4 Å². The number of rotatable bonds is 1. The maximum absolute atomic E-state index is 5.19. The Morgan fingerprint density at radius 3 is 2.14 bits per heavy atom. The first-order chi connectivity index (χ1) is 5.93. The molecule has 3 heteroatoms. The van der Waals surface area contributed by atoms with E-state index >= 15 is 0 Å². The molecule has 2 aliphatic carbocycles. The molecule has 0 atom stereocenters. The van der Waals surface area contributed by atoms with E-state index in [2.05, 4.69) is 52.6 Å². The minimum Gasteiger partial charge on any atom is -0.328 e. The van der Waals surface area contributed by atoms with Crippen molar-refractivity contribution in [2.75, 3.05) is 6.54 Å². The zero-order chi connectivity index (χ0) is 8.65. The van der Waals surface area contributed by atoms with Crippen LogP contribution in [0.4, 0.5) is 0 Å². The van der Waals surface area contributed by atoms with Gasteiger partial charge in [0.25, 0.3) is 0 Å². The number of allylic oxidation sites excluding steroid dienone is 2. The van der Waals surface area contributed by atoms with Crippen LogP contribution in [0.1, 0.15) is 0 Å². The van der Waals surface area contributed by atoms with Crippen LogP contribution in [-0.4, -0.2) is 6.54 Å². The van der Waals surface area contributed by atoms with Gasteiger partial charge >= 0.3 is 17.1 Å². The molecule has 69 valence electrons. The first-order valence-electron chi connectivity index (χ1n) is 3.26. The summed E-state index contributed by atoms with van der Waals surface area (Å²) in [6, 6.07) is 0. The molecule has 0 spiro atoms. The minimum absolute atomic E-state index is 0. The fraction of sp³-hybridized carbons (Fsp3) is 0.0909. The van der Waals surface area contributed by atoms with E-state index in [1.807, 2.05) is 0 Å². The molecule has 0 saturated heterocycles. The third-order valence-corrected chi connectivity index (χ3v) is 1.01. The molecule has 2 N–H and O–H groups in total. The number of halogens is 1. The Hall–Kier alpha value is -1.07. The molecule has 0 bridgehead atoms. The SMILES string of the molecule is Cl.NCC1=C=C=C=[C-]1.[C]1=C=C=C=[C-]1.[Fe+2]. The van der Waals surface area contributed by atoms with E-state index in [-0.39, 0.29) is 29.5 Å². The van der Waals surface area contributed by atoms with E-state index in [1.54, 1.807) is 0 Å². The van der Waals surface area contributed by atoms with Crippen LogP contribution in [0.2, 0.25) is 0 Å². The van der Waals surface area contributed by atoms with Gasteiger partial charge < -0.3 is 5.73 Å². The summed E-state index contributed by atoms with van der Waals surface area (Å²) in [5, 5.41) is 0. The van der Waals surface area contributed by atoms with Crippen molar-refractivity contribution in [2.45, 2.75) is 0 Å². The van der Waals surface area contributed by atoms with Crippen LogP contribution >= 0.6 is 12.4 Å². The Morgan fingerprint density at radius 1 is 1.14 bits per heavy atom. The third kappa shape index (κ3) is 6.45. The second-order valence-corrected chi connectivity index (χ2v) is 1.81. The van der Waals surface area contributed by atoms with E-state index in [4.69, 9.17) is 5.73 Å². The molecule has 2 rings (SSSR count). The van der Waals surface area contributed by atoms with E-state index in [9.17, 15) is 0 Å². The molecule has 0 unspecified atom stereocenters. The largest absolute Gasteiger partial charge is 2.00 e. The molecule has 0 aromatic rings. The molecule has 2 aliphatic rings. The summed E-state index contributed by atoms with van der Waals surface area (Å²) >= 11 is 0. The minimum atomic E-state index is 0. The maximum Gasteiger partial charge on any atom is 2.00 e. The normalized spacial score (nSPS) is 10.5. The smallest absolute Gasteiger partial charge is 0.328 e. The van der Waals surface area contributed by atoms with E-state index < -0.39 is 0 Å². The van der Waals surface area contributed by atoms with E-state index in [0.717, 1.165) is 5.57 Å². The van der Waals surface area contributed by atoms with Crippen molar-refractivity contribution in [3.8, 4) is 0 Å². The molecule has 0 heterocycles. The van der Waals surface area contributed by atoms with Crippen molar-refractivity contribution in [1.82, 2.24) is 0 Å². The van der Waals surface area contributed by atoms with Gasteiger partial charge in [0.05, 0.1) is 0 Å². The molecule has 0 aliphatic heterocycles. The average Bonchev–Trinajstić information content (AvgIpc) is 2.81. The number of nitrogens with two attached hydrogens (primary N) is 1.